The minimum absolute atomic E-state index is 0.0950. The Kier molecular flexibility index (Phi) is 5.79. The first kappa shape index (κ1) is 16.3. The summed E-state index contributed by atoms with van der Waals surface area (Å²) >= 11 is 5.84. The van der Waals surface area contributed by atoms with E-state index in [0.717, 1.165) is 32.1 Å². The fraction of sp³-hybridized carbons (Fsp3) is 0.438. The summed E-state index contributed by atoms with van der Waals surface area (Å²) in [6, 6.07) is 6.54. The molecule has 0 aromatic heterocycles. The Morgan fingerprint density at radius 1 is 1.32 bits per heavy atom. The number of carbonyl (C=O) groups excluding carboxylic acids is 2. The normalized spacial score (nSPS) is 14.9. The monoisotopic (exact) mass is 320 g/mol. The van der Waals surface area contributed by atoms with Gasteiger partial charge in [-0.25, -0.2) is 0 Å². The molecule has 0 atom stereocenters. The van der Waals surface area contributed by atoms with Crippen LogP contribution in [0.2, 0.25) is 5.02 Å². The number of hydrogen-bond acceptors (Lipinski definition) is 4. The third-order valence-corrected chi connectivity index (χ3v) is 3.90. The standard InChI is InChI=1S/C16H17ClN2O3/c17-13-7-6-12(9-18)14(8-13)19-15(20)10-22-16(21)11-4-2-1-3-5-11/h6-8,11H,1-5,10H2,(H,19,20). The maximum absolute atomic E-state index is 11.9. The lowest BCUT2D eigenvalue weighted by atomic mass is 9.89. The first-order valence-electron chi connectivity index (χ1n) is 7.26. The highest BCUT2D eigenvalue weighted by Crippen LogP contribution is 2.24. The van der Waals surface area contributed by atoms with E-state index in [4.69, 9.17) is 21.6 Å². The van der Waals surface area contributed by atoms with Gasteiger partial charge in [0.25, 0.3) is 5.91 Å². The molecule has 116 valence electrons. The quantitative estimate of drug-likeness (QED) is 0.863. The van der Waals surface area contributed by atoms with Crippen LogP contribution in [0.3, 0.4) is 0 Å². The lowest BCUT2D eigenvalue weighted by Crippen LogP contribution is -2.26. The molecule has 1 aromatic carbocycles. The Balaban J connectivity index is 1.87. The minimum Gasteiger partial charge on any atom is -0.455 e. The summed E-state index contributed by atoms with van der Waals surface area (Å²) in [4.78, 5) is 23.7. The van der Waals surface area contributed by atoms with E-state index in [0.29, 0.717) is 16.3 Å². The van der Waals surface area contributed by atoms with Gasteiger partial charge in [-0.05, 0) is 31.0 Å². The van der Waals surface area contributed by atoms with Gasteiger partial charge in [0.2, 0.25) is 0 Å². The third kappa shape index (κ3) is 4.47. The zero-order chi connectivity index (χ0) is 15.9. The van der Waals surface area contributed by atoms with Gasteiger partial charge in [0.15, 0.2) is 6.61 Å². The molecule has 1 aromatic rings. The van der Waals surface area contributed by atoms with Gasteiger partial charge in [-0.1, -0.05) is 30.9 Å². The van der Waals surface area contributed by atoms with Crippen molar-refractivity contribution in [2.24, 2.45) is 5.92 Å². The van der Waals surface area contributed by atoms with Crippen LogP contribution in [0, 0.1) is 17.2 Å². The smallest absolute Gasteiger partial charge is 0.309 e. The van der Waals surface area contributed by atoms with Crippen molar-refractivity contribution in [1.82, 2.24) is 0 Å². The van der Waals surface area contributed by atoms with E-state index in [1.807, 2.05) is 6.07 Å². The number of amides is 1. The van der Waals surface area contributed by atoms with Gasteiger partial charge >= 0.3 is 5.97 Å². The van der Waals surface area contributed by atoms with Crippen LogP contribution in [-0.4, -0.2) is 18.5 Å². The van der Waals surface area contributed by atoms with Crippen molar-refractivity contribution in [2.45, 2.75) is 32.1 Å². The molecule has 1 amide bonds. The highest BCUT2D eigenvalue weighted by molar-refractivity contribution is 6.31. The number of ether oxygens (including phenoxy) is 1. The fourth-order valence-electron chi connectivity index (χ4n) is 2.50. The van der Waals surface area contributed by atoms with E-state index >= 15 is 0 Å². The summed E-state index contributed by atoms with van der Waals surface area (Å²) < 4.78 is 5.05. The van der Waals surface area contributed by atoms with E-state index in [1.165, 1.54) is 12.1 Å². The summed E-state index contributed by atoms with van der Waals surface area (Å²) in [5, 5.41) is 11.9. The first-order valence-corrected chi connectivity index (χ1v) is 7.64. The lowest BCUT2D eigenvalue weighted by molar-refractivity contribution is -0.152. The van der Waals surface area contributed by atoms with Crippen molar-refractivity contribution in [1.29, 1.82) is 5.26 Å². The van der Waals surface area contributed by atoms with Gasteiger partial charge in [0, 0.05) is 5.02 Å². The molecular formula is C16H17ClN2O3. The van der Waals surface area contributed by atoms with Gasteiger partial charge in [0.05, 0.1) is 17.2 Å². The molecule has 0 radical (unpaired) electrons. The predicted molar refractivity (Wildman–Crippen MR) is 82.3 cm³/mol. The topological polar surface area (TPSA) is 79.2 Å². The lowest BCUT2D eigenvalue weighted by Gasteiger charge is -2.19. The molecule has 0 aliphatic heterocycles. The number of nitrogens with one attached hydrogen (secondary N) is 1. The predicted octanol–water partition coefficient (Wildman–Crippen LogP) is 3.27. The highest BCUT2D eigenvalue weighted by atomic mass is 35.5. The molecule has 6 heteroatoms. The fourth-order valence-corrected chi connectivity index (χ4v) is 2.67. The Morgan fingerprint density at radius 3 is 2.73 bits per heavy atom. The number of hydrogen-bond donors (Lipinski definition) is 1. The molecular weight excluding hydrogens is 304 g/mol. The van der Waals surface area contributed by atoms with Crippen molar-refractivity contribution >= 4 is 29.2 Å². The van der Waals surface area contributed by atoms with E-state index in [-0.39, 0.29) is 18.5 Å². The largest absolute Gasteiger partial charge is 0.455 e. The Labute approximate surface area is 134 Å². The Bertz CT molecular complexity index is 604. The van der Waals surface area contributed by atoms with Crippen LogP contribution in [0.1, 0.15) is 37.7 Å². The molecule has 0 spiro atoms. The van der Waals surface area contributed by atoms with Crippen molar-refractivity contribution < 1.29 is 14.3 Å². The molecule has 0 bridgehead atoms. The van der Waals surface area contributed by atoms with Gasteiger partial charge in [0.1, 0.15) is 6.07 Å². The van der Waals surface area contributed by atoms with Crippen molar-refractivity contribution in [2.75, 3.05) is 11.9 Å². The Hall–Kier alpha value is -2.06. The summed E-state index contributed by atoms with van der Waals surface area (Å²) in [5.41, 5.74) is 0.616. The van der Waals surface area contributed by atoms with Gasteiger partial charge < -0.3 is 10.1 Å². The van der Waals surface area contributed by atoms with Crippen LogP contribution in [-0.2, 0) is 14.3 Å². The van der Waals surface area contributed by atoms with Crippen LogP contribution < -0.4 is 5.32 Å². The number of nitrogens with zero attached hydrogens (tertiary/aromatic N) is 1. The SMILES string of the molecule is N#Cc1ccc(Cl)cc1NC(=O)COC(=O)C1CCCCC1. The van der Waals surface area contributed by atoms with E-state index < -0.39 is 5.91 Å². The molecule has 0 heterocycles. The molecule has 1 N–H and O–H groups in total. The van der Waals surface area contributed by atoms with Crippen molar-refractivity contribution in [3.05, 3.63) is 28.8 Å². The zero-order valence-corrected chi connectivity index (χ0v) is 12.9. The van der Waals surface area contributed by atoms with Crippen LogP contribution in [0.15, 0.2) is 18.2 Å². The number of carbonyl (C=O) groups is 2. The second-order valence-corrected chi connectivity index (χ2v) is 5.73. The minimum atomic E-state index is -0.483. The van der Waals surface area contributed by atoms with E-state index in [1.54, 1.807) is 6.07 Å². The number of halogens is 1. The van der Waals surface area contributed by atoms with Crippen LogP contribution >= 0.6 is 11.6 Å². The van der Waals surface area contributed by atoms with Gasteiger partial charge in [-0.3, -0.25) is 9.59 Å². The van der Waals surface area contributed by atoms with Crippen molar-refractivity contribution in [3.63, 3.8) is 0 Å². The zero-order valence-electron chi connectivity index (χ0n) is 12.1. The molecule has 0 unspecified atom stereocenters. The second-order valence-electron chi connectivity index (χ2n) is 5.29. The molecule has 22 heavy (non-hydrogen) atoms. The number of esters is 1. The molecule has 1 fully saturated rings. The molecule has 2 rings (SSSR count). The number of nitriles is 1. The first-order chi connectivity index (χ1) is 10.6. The molecule has 1 saturated carbocycles. The average molecular weight is 321 g/mol. The molecule has 1 aliphatic rings. The summed E-state index contributed by atoms with van der Waals surface area (Å²) in [6.45, 7) is -0.354. The highest BCUT2D eigenvalue weighted by Gasteiger charge is 2.23. The number of benzene rings is 1. The maximum atomic E-state index is 11.9. The summed E-state index contributed by atoms with van der Waals surface area (Å²) in [7, 11) is 0. The third-order valence-electron chi connectivity index (χ3n) is 3.66. The number of anilines is 1. The molecule has 5 nitrogen and oxygen atoms in total. The second kappa shape index (κ2) is 7.81. The summed E-state index contributed by atoms with van der Waals surface area (Å²) in [6.07, 6.45) is 4.86. The van der Waals surface area contributed by atoms with Crippen LogP contribution in [0.5, 0.6) is 0 Å². The average Bonchev–Trinajstić information content (AvgIpc) is 2.53. The Morgan fingerprint density at radius 2 is 2.05 bits per heavy atom. The molecule has 0 saturated heterocycles. The van der Waals surface area contributed by atoms with Gasteiger partial charge in [-0.2, -0.15) is 5.26 Å². The van der Waals surface area contributed by atoms with Crippen LogP contribution in [0.4, 0.5) is 5.69 Å². The van der Waals surface area contributed by atoms with Crippen LogP contribution in [0.25, 0.3) is 0 Å². The van der Waals surface area contributed by atoms with E-state index in [2.05, 4.69) is 5.32 Å². The maximum Gasteiger partial charge on any atom is 0.309 e. The number of rotatable bonds is 4. The summed E-state index contributed by atoms with van der Waals surface area (Å²) in [5.74, 6) is -0.897. The van der Waals surface area contributed by atoms with E-state index in [9.17, 15) is 9.59 Å². The van der Waals surface area contributed by atoms with Crippen molar-refractivity contribution in [3.8, 4) is 6.07 Å². The molecule has 1 aliphatic carbocycles. The van der Waals surface area contributed by atoms with Gasteiger partial charge in [-0.15, -0.1) is 0 Å².